The largest absolute Gasteiger partial charge is 0.494 e. The van der Waals surface area contributed by atoms with E-state index >= 15 is 0 Å². The molecule has 4 aliphatic rings. The molecule has 20 heteroatoms. The summed E-state index contributed by atoms with van der Waals surface area (Å²) in [5.74, 6) is -3.53. The van der Waals surface area contributed by atoms with E-state index in [1.165, 1.54) is 13.3 Å². The number of hydrogen-bond donors (Lipinski definition) is 3. The van der Waals surface area contributed by atoms with Gasteiger partial charge in [-0.05, 0) is 82.4 Å². The Morgan fingerprint density at radius 3 is 2.43 bits per heavy atom. The summed E-state index contributed by atoms with van der Waals surface area (Å²) in [6.45, 7) is 3.47. The second-order valence-electron chi connectivity index (χ2n) is 17.6. The number of carbonyl (C=O) groups excluding carboxylic acids is 4. The van der Waals surface area contributed by atoms with Crippen LogP contribution in [0.5, 0.6) is 11.6 Å². The van der Waals surface area contributed by atoms with Gasteiger partial charge in [-0.25, -0.2) is 22.6 Å². The number of sulfonamides is 1. The molecular weight excluding hydrogens is 829 g/mol. The minimum atomic E-state index is -4.94. The molecule has 15 nitrogen and oxygen atoms in total. The summed E-state index contributed by atoms with van der Waals surface area (Å²) in [6, 6.07) is 2.62. The van der Waals surface area contributed by atoms with Crippen LogP contribution in [-0.2, 0) is 29.1 Å². The highest BCUT2D eigenvalue weighted by molar-refractivity contribution is 7.91. The first-order valence-corrected chi connectivity index (χ1v) is 21.8. The lowest BCUT2D eigenvalue weighted by atomic mass is 9.88. The molecule has 61 heavy (non-hydrogen) atoms. The number of alkyl carbamates (subject to hydrolysis) is 1. The first kappa shape index (κ1) is 45.6. The summed E-state index contributed by atoms with van der Waals surface area (Å²) in [7, 11) is 0.758. The lowest BCUT2D eigenvalue weighted by Gasteiger charge is -2.34. The van der Waals surface area contributed by atoms with Gasteiger partial charge in [-0.15, -0.1) is 0 Å². The van der Waals surface area contributed by atoms with Crippen LogP contribution in [0.1, 0.15) is 72.6 Å². The number of halogens is 4. The third-order valence-corrected chi connectivity index (χ3v) is 14.5. The normalized spacial score (nSPS) is 28.5. The molecule has 0 radical (unpaired) electrons. The zero-order valence-electron chi connectivity index (χ0n) is 35.2. The topological polar surface area (TPSA) is 186 Å². The first-order chi connectivity index (χ1) is 28.5. The number of fused-ring (bicyclic) bond motifs is 3. The van der Waals surface area contributed by atoms with Crippen molar-refractivity contribution in [3.63, 3.8) is 0 Å². The number of amides is 4. The summed E-state index contributed by atoms with van der Waals surface area (Å²) >= 11 is 0. The fourth-order valence-electron chi connectivity index (χ4n) is 8.07. The van der Waals surface area contributed by atoms with Gasteiger partial charge in [0.1, 0.15) is 40.9 Å². The van der Waals surface area contributed by atoms with Crippen molar-refractivity contribution in [2.24, 2.45) is 17.8 Å². The third kappa shape index (κ3) is 9.19. The van der Waals surface area contributed by atoms with E-state index in [-0.39, 0.29) is 44.0 Å². The van der Waals surface area contributed by atoms with E-state index in [0.717, 1.165) is 10.6 Å². The van der Waals surface area contributed by atoms with Gasteiger partial charge in [0.2, 0.25) is 33.3 Å². The molecule has 3 heterocycles. The van der Waals surface area contributed by atoms with Crippen LogP contribution in [0.3, 0.4) is 0 Å². The van der Waals surface area contributed by atoms with Crippen molar-refractivity contribution in [3.8, 4) is 11.6 Å². The highest BCUT2D eigenvalue weighted by Crippen LogP contribution is 2.48. The number of pyridine rings is 1. The van der Waals surface area contributed by atoms with Crippen LogP contribution in [0, 0.1) is 17.8 Å². The minimum absolute atomic E-state index is 0.00804. The van der Waals surface area contributed by atoms with Gasteiger partial charge in [-0.3, -0.25) is 19.1 Å². The number of alkyl halides is 4. The number of nitrogens with zero attached hydrogens (tertiary/aromatic N) is 3. The molecule has 1 aromatic carbocycles. The van der Waals surface area contributed by atoms with Gasteiger partial charge in [0.25, 0.3) is 5.91 Å². The molecule has 2 aliphatic heterocycles. The van der Waals surface area contributed by atoms with E-state index in [0.29, 0.717) is 49.6 Å². The first-order valence-electron chi connectivity index (χ1n) is 20.3. The molecule has 6 rings (SSSR count). The van der Waals surface area contributed by atoms with Crippen LogP contribution in [0.15, 0.2) is 36.5 Å². The van der Waals surface area contributed by atoms with Crippen LogP contribution in [0.4, 0.5) is 28.0 Å². The van der Waals surface area contributed by atoms with Crippen molar-refractivity contribution in [3.05, 3.63) is 36.5 Å². The molecule has 2 aliphatic carbocycles. The fourth-order valence-corrected chi connectivity index (χ4v) is 9.49. The molecule has 0 unspecified atom stereocenters. The molecule has 2 saturated carbocycles. The quantitative estimate of drug-likeness (QED) is 0.217. The standard InChI is InChI=1S/C41H54F4N6O9S/c1-23-10-8-9-11-25-19-40(25,36(54)49-61(56,57)39(22-42)14-15-39)48-33(52)30-18-27(59-34-28-13-12-26(50(5)6)17-29(28)31(58-7)20-46-34)21-51(30)35(53)32(24(2)16-23)47-37(55)60-38(3,4)41(43,44)45/h9,11-13,17,20,23-25,27,30,32H,8,10,14-16,18-19,21-22H2,1-7H3,(H,47,55)(H,48,52)(H,49,54)/b11-9-/t23-,24+,25+,27+,30-,32-,40+/m0/s1. The SMILES string of the molecule is COc1cnc(O[C@@H]2C[C@H]3C(=O)N[C@]4(C(=O)NS(=O)(=O)C5(CF)CC5)C[C@H]4/C=C\CC[C@H](C)C[C@@H](C)[C@H](NC(=O)OC(C)(C)C(F)(F)F)C(=O)N3C2)c2ccc(N(C)C)cc12. The minimum Gasteiger partial charge on any atom is -0.494 e. The molecular formula is C41H54F4N6O9S. The highest BCUT2D eigenvalue weighted by Gasteiger charge is 2.64. The number of benzene rings is 1. The number of aromatic nitrogens is 1. The monoisotopic (exact) mass is 882 g/mol. The molecule has 1 aromatic heterocycles. The molecule has 1 saturated heterocycles. The number of nitrogens with one attached hydrogen (secondary N) is 3. The molecule has 7 atom stereocenters. The third-order valence-electron chi connectivity index (χ3n) is 12.4. The van der Waals surface area contributed by atoms with Crippen LogP contribution >= 0.6 is 0 Å². The van der Waals surface area contributed by atoms with Gasteiger partial charge in [0.15, 0.2) is 0 Å². The predicted molar refractivity (Wildman–Crippen MR) is 216 cm³/mol. The van der Waals surface area contributed by atoms with Gasteiger partial charge in [0.05, 0.1) is 19.9 Å². The van der Waals surface area contributed by atoms with Gasteiger partial charge in [0, 0.05) is 42.9 Å². The van der Waals surface area contributed by atoms with Gasteiger partial charge >= 0.3 is 12.3 Å². The molecule has 4 amide bonds. The van der Waals surface area contributed by atoms with Crippen LogP contribution in [0.25, 0.3) is 10.8 Å². The summed E-state index contributed by atoms with van der Waals surface area (Å²) < 4.78 is 98.7. The molecule has 0 spiro atoms. The Balaban J connectivity index is 1.37. The van der Waals surface area contributed by atoms with Gasteiger partial charge in [-0.2, -0.15) is 13.2 Å². The van der Waals surface area contributed by atoms with Crippen LogP contribution < -0.4 is 29.7 Å². The van der Waals surface area contributed by atoms with E-state index in [9.17, 15) is 45.2 Å². The summed E-state index contributed by atoms with van der Waals surface area (Å²) in [5.41, 5.74) is -3.83. The summed E-state index contributed by atoms with van der Waals surface area (Å²) in [6.07, 6.45) is -1.10. The van der Waals surface area contributed by atoms with E-state index in [2.05, 4.69) is 15.6 Å². The number of hydrogen-bond acceptors (Lipinski definition) is 11. The number of allylic oxidation sites excluding steroid dienone is 1. The maximum atomic E-state index is 14.8. The number of carbonyl (C=O) groups is 4. The number of methoxy groups -OCH3 is 1. The molecule has 3 N–H and O–H groups in total. The van der Waals surface area contributed by atoms with E-state index in [1.807, 2.05) is 48.8 Å². The lowest BCUT2D eigenvalue weighted by Crippen LogP contribution is -2.60. The number of ether oxygens (including phenoxy) is 3. The van der Waals surface area contributed by atoms with E-state index in [4.69, 9.17) is 14.2 Å². The molecule has 336 valence electrons. The van der Waals surface area contributed by atoms with Gasteiger partial charge in [-0.1, -0.05) is 26.0 Å². The van der Waals surface area contributed by atoms with Crippen molar-refractivity contribution in [1.29, 1.82) is 0 Å². The second kappa shape index (κ2) is 16.8. The Morgan fingerprint density at radius 1 is 1.10 bits per heavy atom. The number of anilines is 1. The second-order valence-corrected chi connectivity index (χ2v) is 19.7. The van der Waals surface area contributed by atoms with Crippen molar-refractivity contribution >= 4 is 50.3 Å². The Hall–Kier alpha value is -4.88. The Morgan fingerprint density at radius 2 is 1.80 bits per heavy atom. The van der Waals surface area contributed by atoms with E-state index < -0.39 is 92.6 Å². The zero-order valence-corrected chi connectivity index (χ0v) is 36.0. The van der Waals surface area contributed by atoms with Crippen molar-refractivity contribution in [2.75, 3.05) is 39.3 Å². The van der Waals surface area contributed by atoms with Crippen molar-refractivity contribution in [1.82, 2.24) is 25.2 Å². The number of rotatable bonds is 10. The maximum absolute atomic E-state index is 14.8. The van der Waals surface area contributed by atoms with Gasteiger partial charge < -0.3 is 34.6 Å². The Kier molecular flexibility index (Phi) is 12.5. The maximum Gasteiger partial charge on any atom is 0.427 e. The zero-order chi connectivity index (χ0) is 44.9. The fraction of sp³-hybridized carbons (Fsp3) is 0.634. The summed E-state index contributed by atoms with van der Waals surface area (Å²) in [5, 5.41) is 6.30. The average molecular weight is 883 g/mol. The van der Waals surface area contributed by atoms with Crippen LogP contribution in [0.2, 0.25) is 0 Å². The van der Waals surface area contributed by atoms with E-state index in [1.54, 1.807) is 19.1 Å². The molecule has 2 aromatic rings. The predicted octanol–water partition coefficient (Wildman–Crippen LogP) is 4.93. The van der Waals surface area contributed by atoms with Crippen molar-refractivity contribution in [2.45, 2.75) is 113 Å². The summed E-state index contributed by atoms with van der Waals surface area (Å²) in [4.78, 5) is 64.0. The molecule has 3 fully saturated rings. The van der Waals surface area contributed by atoms with Crippen LogP contribution in [-0.4, -0.2) is 117 Å². The Labute approximate surface area is 352 Å². The Bertz CT molecular complexity index is 2180. The lowest BCUT2D eigenvalue weighted by molar-refractivity contribution is -0.244. The highest BCUT2D eigenvalue weighted by atomic mass is 32.2. The average Bonchev–Trinajstić information content (AvgIpc) is 4.09. The smallest absolute Gasteiger partial charge is 0.427 e. The molecule has 0 bridgehead atoms. The van der Waals surface area contributed by atoms with Crippen molar-refractivity contribution < 1.29 is 59.4 Å².